The zero-order valence-electron chi connectivity index (χ0n) is 16.4. The summed E-state index contributed by atoms with van der Waals surface area (Å²) in [5, 5.41) is 0. The van der Waals surface area contributed by atoms with Crippen LogP contribution in [0.1, 0.15) is 17.2 Å². The van der Waals surface area contributed by atoms with Crippen molar-refractivity contribution in [2.75, 3.05) is 18.1 Å². The van der Waals surface area contributed by atoms with Crippen molar-refractivity contribution in [3.8, 4) is 11.5 Å². The number of nitrogens with two attached hydrogens (primary N) is 1. The van der Waals surface area contributed by atoms with Crippen molar-refractivity contribution in [1.29, 1.82) is 0 Å². The molecule has 2 N–H and O–H groups in total. The van der Waals surface area contributed by atoms with Crippen molar-refractivity contribution in [2.24, 2.45) is 17.6 Å². The number of hydrogen-bond donors (Lipinski definition) is 1. The van der Waals surface area contributed by atoms with Crippen molar-refractivity contribution in [1.82, 2.24) is 4.90 Å². The molecule has 4 aliphatic rings. The highest BCUT2D eigenvalue weighted by Gasteiger charge is 2.64. The Morgan fingerprint density at radius 1 is 0.968 bits per heavy atom. The molecule has 0 spiro atoms. The maximum atomic E-state index is 13.6. The summed E-state index contributed by atoms with van der Waals surface area (Å²) < 4.78 is 11.2. The molecular weight excluding hydrogens is 398 g/mol. The lowest BCUT2D eigenvalue weighted by atomic mass is 9.84. The van der Waals surface area contributed by atoms with E-state index < -0.39 is 35.7 Å². The van der Waals surface area contributed by atoms with Gasteiger partial charge in [0.15, 0.2) is 11.5 Å². The Labute approximate surface area is 177 Å². The van der Waals surface area contributed by atoms with Crippen LogP contribution < -0.4 is 20.1 Å². The zero-order chi connectivity index (χ0) is 21.3. The van der Waals surface area contributed by atoms with E-state index in [1.165, 1.54) is 4.90 Å². The number of benzene rings is 2. The van der Waals surface area contributed by atoms with E-state index in [1.54, 1.807) is 29.3 Å². The van der Waals surface area contributed by atoms with Gasteiger partial charge < -0.3 is 20.1 Å². The van der Waals surface area contributed by atoms with E-state index in [2.05, 4.69) is 0 Å². The molecule has 4 heterocycles. The molecule has 2 aromatic rings. The van der Waals surface area contributed by atoms with Crippen LogP contribution in [0.4, 0.5) is 5.69 Å². The number of rotatable bonds is 2. The van der Waals surface area contributed by atoms with E-state index in [9.17, 15) is 14.4 Å². The third-order valence-electron chi connectivity index (χ3n) is 6.54. The van der Waals surface area contributed by atoms with Crippen molar-refractivity contribution in [3.05, 3.63) is 59.8 Å². The summed E-state index contributed by atoms with van der Waals surface area (Å²) in [5.41, 5.74) is 8.01. The van der Waals surface area contributed by atoms with Gasteiger partial charge >= 0.3 is 0 Å². The second-order valence-electron chi connectivity index (χ2n) is 8.08. The second kappa shape index (κ2) is 6.34. The third-order valence-corrected chi connectivity index (χ3v) is 6.54. The number of anilines is 1. The van der Waals surface area contributed by atoms with Crippen LogP contribution in [0.3, 0.4) is 0 Å². The van der Waals surface area contributed by atoms with E-state index >= 15 is 0 Å². The number of carbonyl (C=O) groups is 3. The lowest BCUT2D eigenvalue weighted by Gasteiger charge is -2.34. The number of hydrogen-bond acceptors (Lipinski definition) is 6. The normalized spacial score (nSPS) is 27.7. The van der Waals surface area contributed by atoms with Gasteiger partial charge in [-0.15, -0.1) is 0 Å². The van der Waals surface area contributed by atoms with E-state index in [4.69, 9.17) is 15.2 Å². The fourth-order valence-corrected chi connectivity index (χ4v) is 5.31. The molecule has 8 nitrogen and oxygen atoms in total. The first-order valence-corrected chi connectivity index (χ1v) is 10.2. The molecule has 0 unspecified atom stereocenters. The predicted octanol–water partition coefficient (Wildman–Crippen LogP) is 1.46. The molecule has 2 fully saturated rings. The third kappa shape index (κ3) is 2.38. The number of primary amides is 1. The lowest BCUT2D eigenvalue weighted by molar-refractivity contribution is -0.129. The minimum atomic E-state index is -0.890. The number of nitrogens with zero attached hydrogens (tertiary/aromatic N) is 2. The first-order chi connectivity index (χ1) is 15.1. The van der Waals surface area contributed by atoms with E-state index in [0.29, 0.717) is 30.4 Å². The predicted molar refractivity (Wildman–Crippen MR) is 110 cm³/mol. The number of ether oxygens (including phenoxy) is 2. The van der Waals surface area contributed by atoms with Crippen molar-refractivity contribution >= 4 is 29.5 Å². The monoisotopic (exact) mass is 417 g/mol. The van der Waals surface area contributed by atoms with Crippen molar-refractivity contribution < 1.29 is 23.9 Å². The van der Waals surface area contributed by atoms with Gasteiger partial charge in [0.05, 0.1) is 23.6 Å². The molecule has 2 saturated heterocycles. The summed E-state index contributed by atoms with van der Waals surface area (Å²) in [6.07, 6.45) is 3.66. The fraction of sp³-hybridized carbons (Fsp3) is 0.261. The van der Waals surface area contributed by atoms with E-state index in [-0.39, 0.29) is 5.91 Å². The highest BCUT2D eigenvalue weighted by atomic mass is 16.6. The molecule has 6 rings (SSSR count). The molecule has 0 bridgehead atoms. The molecule has 8 heteroatoms. The van der Waals surface area contributed by atoms with Gasteiger partial charge in [-0.3, -0.25) is 14.4 Å². The van der Waals surface area contributed by atoms with Gasteiger partial charge in [0, 0.05) is 12.3 Å². The summed E-state index contributed by atoms with van der Waals surface area (Å²) in [4.78, 5) is 42.5. The van der Waals surface area contributed by atoms with Gasteiger partial charge in [-0.1, -0.05) is 24.3 Å². The largest absolute Gasteiger partial charge is 0.486 e. The molecule has 3 amide bonds. The summed E-state index contributed by atoms with van der Waals surface area (Å²) in [5.74, 6) is -1.87. The van der Waals surface area contributed by atoms with Gasteiger partial charge in [0.1, 0.15) is 19.3 Å². The zero-order valence-corrected chi connectivity index (χ0v) is 16.4. The Morgan fingerprint density at radius 2 is 1.71 bits per heavy atom. The van der Waals surface area contributed by atoms with Gasteiger partial charge in [-0.05, 0) is 29.3 Å². The van der Waals surface area contributed by atoms with Crippen LogP contribution in [0.2, 0.25) is 0 Å². The molecule has 156 valence electrons. The first-order valence-electron chi connectivity index (χ1n) is 10.2. The quantitative estimate of drug-likeness (QED) is 0.743. The standard InChI is InChI=1S/C23H19N3O5/c24-21(27)20-18-17(19-14-4-2-1-3-12(14)7-8-25(19)20)22(28)26(23(18)29)13-5-6-15-16(11-13)31-10-9-30-15/h1-8,11,17-20H,9-10H2,(H2,24,27)/t17-,18-,19+,20+/m0/s1. The Balaban J connectivity index is 1.46. The topological polar surface area (TPSA) is 102 Å². The van der Waals surface area contributed by atoms with Crippen LogP contribution >= 0.6 is 0 Å². The van der Waals surface area contributed by atoms with E-state index in [1.807, 2.05) is 30.3 Å². The van der Waals surface area contributed by atoms with E-state index in [0.717, 1.165) is 11.1 Å². The second-order valence-corrected chi connectivity index (χ2v) is 8.08. The lowest BCUT2D eigenvalue weighted by Crippen LogP contribution is -2.46. The van der Waals surface area contributed by atoms with Gasteiger partial charge in [-0.2, -0.15) is 0 Å². The number of imide groups is 1. The minimum absolute atomic E-state index is 0.337. The molecule has 2 aromatic carbocycles. The molecule has 4 atom stereocenters. The average molecular weight is 417 g/mol. The number of amides is 3. The van der Waals surface area contributed by atoms with Gasteiger partial charge in [-0.25, -0.2) is 4.90 Å². The molecular formula is C23H19N3O5. The van der Waals surface area contributed by atoms with Crippen LogP contribution in [0.25, 0.3) is 6.08 Å². The molecule has 0 radical (unpaired) electrons. The van der Waals surface area contributed by atoms with Gasteiger partial charge in [0.25, 0.3) is 0 Å². The summed E-state index contributed by atoms with van der Waals surface area (Å²) >= 11 is 0. The Hall–Kier alpha value is -3.81. The number of carbonyl (C=O) groups excluding carboxylic acids is 3. The number of fused-ring (bicyclic) bond motifs is 6. The average Bonchev–Trinajstić information content (AvgIpc) is 3.26. The highest BCUT2D eigenvalue weighted by Crippen LogP contribution is 2.53. The molecule has 0 aliphatic carbocycles. The van der Waals surface area contributed by atoms with Crippen molar-refractivity contribution in [2.45, 2.75) is 12.1 Å². The summed E-state index contributed by atoms with van der Waals surface area (Å²) in [6, 6.07) is 11.4. The molecule has 0 saturated carbocycles. The smallest absolute Gasteiger partial charge is 0.240 e. The van der Waals surface area contributed by atoms with Crippen LogP contribution in [-0.2, 0) is 14.4 Å². The maximum absolute atomic E-state index is 13.6. The maximum Gasteiger partial charge on any atom is 0.240 e. The molecule has 31 heavy (non-hydrogen) atoms. The molecule has 4 aliphatic heterocycles. The SMILES string of the molecule is NC(=O)[C@H]1[C@H]2C(=O)N(c3ccc4c(c3)OCCO4)C(=O)[C@@H]2[C@H]2c3ccccc3C=CN21. The van der Waals surface area contributed by atoms with Crippen LogP contribution in [0, 0.1) is 11.8 Å². The summed E-state index contributed by atoms with van der Waals surface area (Å²) in [6.45, 7) is 0.844. The fourth-order valence-electron chi connectivity index (χ4n) is 5.31. The first kappa shape index (κ1) is 18.0. The minimum Gasteiger partial charge on any atom is -0.486 e. The van der Waals surface area contributed by atoms with Crippen LogP contribution in [0.15, 0.2) is 48.7 Å². The Morgan fingerprint density at radius 3 is 2.52 bits per heavy atom. The van der Waals surface area contributed by atoms with Crippen LogP contribution in [0.5, 0.6) is 11.5 Å². The van der Waals surface area contributed by atoms with Crippen molar-refractivity contribution in [3.63, 3.8) is 0 Å². The highest BCUT2D eigenvalue weighted by molar-refractivity contribution is 6.24. The van der Waals surface area contributed by atoms with Gasteiger partial charge in [0.2, 0.25) is 17.7 Å². The Bertz CT molecular complexity index is 1180. The Kier molecular flexibility index (Phi) is 3.68. The molecule has 0 aromatic heterocycles. The van der Waals surface area contributed by atoms with Crippen LogP contribution in [-0.4, -0.2) is 41.9 Å². The summed E-state index contributed by atoms with van der Waals surface area (Å²) in [7, 11) is 0.